The first-order valence-electron chi connectivity index (χ1n) is 8.58. The molecule has 0 saturated carbocycles. The van der Waals surface area contributed by atoms with Crippen LogP contribution in [0.4, 0.5) is 5.69 Å². The third kappa shape index (κ3) is 3.52. The van der Waals surface area contributed by atoms with E-state index in [0.717, 1.165) is 11.1 Å². The average Bonchev–Trinajstić information content (AvgIpc) is 3.38. The maximum atomic E-state index is 12.7. The van der Waals surface area contributed by atoms with E-state index in [0.29, 0.717) is 33.6 Å². The molecule has 0 spiro atoms. The highest BCUT2D eigenvalue weighted by atomic mass is 32.1. The van der Waals surface area contributed by atoms with Gasteiger partial charge in [0.25, 0.3) is 11.8 Å². The van der Waals surface area contributed by atoms with Gasteiger partial charge in [0.1, 0.15) is 10.6 Å². The molecule has 0 aliphatic rings. The first kappa shape index (κ1) is 17.9. The number of nitrogens with one attached hydrogen (secondary N) is 1. The van der Waals surface area contributed by atoms with Crippen molar-refractivity contribution in [3.05, 3.63) is 71.1 Å². The molecule has 0 saturated heterocycles. The fraction of sp³-hybridized carbons (Fsp3) is 0.0952. The minimum atomic E-state index is -0.268. The van der Waals surface area contributed by atoms with Gasteiger partial charge in [-0.25, -0.2) is 0 Å². The summed E-state index contributed by atoms with van der Waals surface area (Å²) in [5.41, 5.74) is 3.09. The lowest BCUT2D eigenvalue weighted by Gasteiger charge is -2.08. The number of aryl methyl sites for hydroxylation is 1. The molecular weight excluding hydrogens is 374 g/mol. The maximum Gasteiger partial charge on any atom is 0.270 e. The molecule has 28 heavy (non-hydrogen) atoms. The number of hydrogen-bond donors (Lipinski definition) is 1. The van der Waals surface area contributed by atoms with E-state index in [9.17, 15) is 4.79 Å². The number of nitrogens with zero attached hydrogens (tertiary/aromatic N) is 2. The van der Waals surface area contributed by atoms with Gasteiger partial charge in [-0.1, -0.05) is 47.1 Å². The topological polar surface area (TPSA) is 77.2 Å². The molecule has 4 aromatic rings. The minimum absolute atomic E-state index is 0.268. The van der Waals surface area contributed by atoms with Crippen molar-refractivity contribution in [3.63, 3.8) is 0 Å². The number of thiophene rings is 1. The molecule has 0 bridgehead atoms. The van der Waals surface area contributed by atoms with Gasteiger partial charge >= 0.3 is 0 Å². The molecule has 0 unspecified atom stereocenters. The largest absolute Gasteiger partial charge is 0.496 e. The molecule has 0 aliphatic heterocycles. The zero-order valence-corrected chi connectivity index (χ0v) is 16.1. The summed E-state index contributed by atoms with van der Waals surface area (Å²) in [5.74, 6) is 1.11. The Balaban J connectivity index is 1.60. The summed E-state index contributed by atoms with van der Waals surface area (Å²) in [7, 11) is 1.53. The second-order valence-electron chi connectivity index (χ2n) is 6.11. The van der Waals surface area contributed by atoms with E-state index in [1.807, 2.05) is 48.7 Å². The number of aromatic nitrogens is 2. The smallest absolute Gasteiger partial charge is 0.270 e. The molecule has 140 valence electrons. The Morgan fingerprint density at radius 3 is 2.68 bits per heavy atom. The maximum absolute atomic E-state index is 12.7. The van der Waals surface area contributed by atoms with Gasteiger partial charge in [-0.15, -0.1) is 11.3 Å². The van der Waals surface area contributed by atoms with E-state index in [2.05, 4.69) is 15.5 Å². The van der Waals surface area contributed by atoms with Crippen LogP contribution in [0.1, 0.15) is 15.9 Å². The van der Waals surface area contributed by atoms with Gasteiger partial charge in [-0.3, -0.25) is 4.79 Å². The first-order valence-corrected chi connectivity index (χ1v) is 9.46. The van der Waals surface area contributed by atoms with E-state index in [-0.39, 0.29) is 5.91 Å². The number of carbonyl (C=O) groups excluding carboxylic acids is 1. The molecule has 2 aromatic heterocycles. The first-order chi connectivity index (χ1) is 13.7. The van der Waals surface area contributed by atoms with Gasteiger partial charge in [-0.05, 0) is 30.5 Å². The van der Waals surface area contributed by atoms with E-state index in [1.54, 1.807) is 18.2 Å². The highest BCUT2D eigenvalue weighted by Gasteiger charge is 2.19. The molecule has 0 radical (unpaired) electrons. The van der Waals surface area contributed by atoms with Crippen LogP contribution in [0, 0.1) is 6.92 Å². The summed E-state index contributed by atoms with van der Waals surface area (Å²) in [4.78, 5) is 17.9. The van der Waals surface area contributed by atoms with E-state index < -0.39 is 0 Å². The molecule has 0 fully saturated rings. The van der Waals surface area contributed by atoms with Gasteiger partial charge in [0.2, 0.25) is 5.82 Å². The number of carbonyl (C=O) groups is 1. The minimum Gasteiger partial charge on any atom is -0.496 e. The van der Waals surface area contributed by atoms with Crippen LogP contribution in [-0.4, -0.2) is 23.2 Å². The van der Waals surface area contributed by atoms with Crippen LogP contribution in [0.25, 0.3) is 22.2 Å². The number of methoxy groups -OCH3 is 1. The summed E-state index contributed by atoms with van der Waals surface area (Å²) >= 11 is 1.42. The lowest BCUT2D eigenvalue weighted by atomic mass is 10.1. The molecule has 2 heterocycles. The van der Waals surface area contributed by atoms with Crippen molar-refractivity contribution >= 4 is 22.9 Å². The average molecular weight is 391 g/mol. The van der Waals surface area contributed by atoms with Crippen LogP contribution in [0.5, 0.6) is 5.75 Å². The lowest BCUT2D eigenvalue weighted by molar-refractivity contribution is 0.102. The molecule has 7 heteroatoms. The number of rotatable bonds is 5. The van der Waals surface area contributed by atoms with Gasteiger partial charge in [-0.2, -0.15) is 4.98 Å². The highest BCUT2D eigenvalue weighted by Crippen LogP contribution is 2.34. The SMILES string of the molecule is COc1ccccc1C(=O)Nc1ccsc1-c1nc(-c2ccc(C)cc2)no1. The van der Waals surface area contributed by atoms with Crippen molar-refractivity contribution in [2.75, 3.05) is 12.4 Å². The Morgan fingerprint density at radius 1 is 1.11 bits per heavy atom. The second-order valence-corrected chi connectivity index (χ2v) is 7.02. The fourth-order valence-electron chi connectivity index (χ4n) is 2.73. The Bertz CT molecular complexity index is 1120. The van der Waals surface area contributed by atoms with Crippen molar-refractivity contribution in [3.8, 4) is 27.9 Å². The Hall–Kier alpha value is -3.45. The third-order valence-electron chi connectivity index (χ3n) is 4.20. The van der Waals surface area contributed by atoms with Gasteiger partial charge in [0.15, 0.2) is 0 Å². The molecular formula is C21H17N3O3S. The van der Waals surface area contributed by atoms with Crippen LogP contribution in [-0.2, 0) is 0 Å². The Kier molecular flexibility index (Phi) is 4.90. The van der Waals surface area contributed by atoms with Crippen molar-refractivity contribution < 1.29 is 14.1 Å². The second kappa shape index (κ2) is 7.66. The zero-order valence-electron chi connectivity index (χ0n) is 15.3. The number of amides is 1. The number of benzene rings is 2. The predicted octanol–water partition coefficient (Wildman–Crippen LogP) is 5.03. The number of para-hydroxylation sites is 1. The van der Waals surface area contributed by atoms with Crippen LogP contribution in [0.2, 0.25) is 0 Å². The molecule has 1 amide bonds. The van der Waals surface area contributed by atoms with Gasteiger partial charge < -0.3 is 14.6 Å². The standard InChI is InChI=1S/C21H17N3O3S/c1-13-7-9-14(10-8-13)19-23-21(27-24-19)18-16(11-12-28-18)22-20(25)15-5-3-4-6-17(15)26-2/h3-12H,1-2H3,(H,22,25). The van der Waals surface area contributed by atoms with Crippen molar-refractivity contribution in [1.82, 2.24) is 10.1 Å². The summed E-state index contributed by atoms with van der Waals surface area (Å²) in [6.45, 7) is 2.02. The Labute approximate surface area is 165 Å². The quantitative estimate of drug-likeness (QED) is 0.516. The van der Waals surface area contributed by atoms with E-state index in [4.69, 9.17) is 9.26 Å². The van der Waals surface area contributed by atoms with E-state index in [1.165, 1.54) is 18.4 Å². The zero-order chi connectivity index (χ0) is 19.5. The molecule has 0 atom stereocenters. The van der Waals surface area contributed by atoms with Crippen LogP contribution in [0.3, 0.4) is 0 Å². The van der Waals surface area contributed by atoms with Gasteiger partial charge in [0, 0.05) is 5.56 Å². The normalized spacial score (nSPS) is 10.6. The highest BCUT2D eigenvalue weighted by molar-refractivity contribution is 7.14. The molecule has 4 rings (SSSR count). The van der Waals surface area contributed by atoms with Crippen molar-refractivity contribution in [2.24, 2.45) is 0 Å². The van der Waals surface area contributed by atoms with E-state index >= 15 is 0 Å². The van der Waals surface area contributed by atoms with Crippen LogP contribution >= 0.6 is 11.3 Å². The fourth-order valence-corrected chi connectivity index (χ4v) is 3.50. The number of ether oxygens (including phenoxy) is 1. The number of anilines is 1. The summed E-state index contributed by atoms with van der Waals surface area (Å²) in [5, 5.41) is 8.83. The van der Waals surface area contributed by atoms with Crippen molar-refractivity contribution in [1.29, 1.82) is 0 Å². The lowest BCUT2D eigenvalue weighted by Crippen LogP contribution is -2.13. The monoisotopic (exact) mass is 391 g/mol. The summed E-state index contributed by atoms with van der Waals surface area (Å²) in [6.07, 6.45) is 0. The molecule has 0 aliphatic carbocycles. The summed E-state index contributed by atoms with van der Waals surface area (Å²) < 4.78 is 10.7. The Morgan fingerprint density at radius 2 is 1.89 bits per heavy atom. The van der Waals surface area contributed by atoms with Gasteiger partial charge in [0.05, 0.1) is 18.4 Å². The van der Waals surface area contributed by atoms with Crippen molar-refractivity contribution in [2.45, 2.75) is 6.92 Å². The molecule has 2 aromatic carbocycles. The molecule has 6 nitrogen and oxygen atoms in total. The predicted molar refractivity (Wildman–Crippen MR) is 109 cm³/mol. The van der Waals surface area contributed by atoms with Crippen LogP contribution < -0.4 is 10.1 Å². The van der Waals surface area contributed by atoms with Crippen LogP contribution in [0.15, 0.2) is 64.5 Å². The summed E-state index contributed by atoms with van der Waals surface area (Å²) in [6, 6.07) is 16.8. The molecule has 1 N–H and O–H groups in total. The third-order valence-corrected chi connectivity index (χ3v) is 5.10. The number of hydrogen-bond acceptors (Lipinski definition) is 6.